The molecule has 0 aliphatic rings. The molecule has 6 heteroatoms. The van der Waals surface area contributed by atoms with E-state index in [1.807, 2.05) is 30.3 Å². The quantitative estimate of drug-likeness (QED) is 0.658. The summed E-state index contributed by atoms with van der Waals surface area (Å²) >= 11 is 0. The van der Waals surface area contributed by atoms with Crippen molar-refractivity contribution >= 4 is 11.9 Å². The zero-order valence-corrected chi connectivity index (χ0v) is 10.7. The molecule has 6 nitrogen and oxygen atoms in total. The molecule has 104 valence electrons. The number of rotatable bonds is 7. The minimum Gasteiger partial charge on any atom is -0.479 e. The SMILES string of the molecule is COC(CNC(=O)CC(N)c1ccccc1)C(=O)O. The minimum absolute atomic E-state index is 0.0772. The molecule has 2 unspecified atom stereocenters. The highest BCUT2D eigenvalue weighted by molar-refractivity contribution is 5.78. The number of carboxylic acid groups (broad SMARTS) is 1. The van der Waals surface area contributed by atoms with Crippen molar-refractivity contribution in [3.8, 4) is 0 Å². The third kappa shape index (κ3) is 5.07. The Morgan fingerprint density at radius 3 is 2.53 bits per heavy atom. The first kappa shape index (κ1) is 15.1. The van der Waals surface area contributed by atoms with Gasteiger partial charge >= 0.3 is 5.97 Å². The lowest BCUT2D eigenvalue weighted by Gasteiger charge is -2.14. The van der Waals surface area contributed by atoms with Crippen molar-refractivity contribution < 1.29 is 19.4 Å². The van der Waals surface area contributed by atoms with Gasteiger partial charge in [-0.05, 0) is 5.56 Å². The second-order valence-corrected chi connectivity index (χ2v) is 4.09. The highest BCUT2D eigenvalue weighted by Gasteiger charge is 2.18. The number of benzene rings is 1. The number of nitrogens with two attached hydrogens (primary N) is 1. The second kappa shape index (κ2) is 7.50. The van der Waals surface area contributed by atoms with Crippen molar-refractivity contribution in [2.45, 2.75) is 18.6 Å². The van der Waals surface area contributed by atoms with E-state index in [2.05, 4.69) is 5.32 Å². The molecule has 1 aromatic carbocycles. The third-order valence-electron chi connectivity index (χ3n) is 2.68. The Balaban J connectivity index is 2.41. The maximum atomic E-state index is 11.6. The number of carbonyl (C=O) groups excluding carboxylic acids is 1. The van der Waals surface area contributed by atoms with Gasteiger partial charge in [0.2, 0.25) is 5.91 Å². The monoisotopic (exact) mass is 266 g/mol. The Labute approximate surface area is 111 Å². The maximum Gasteiger partial charge on any atom is 0.334 e. The van der Waals surface area contributed by atoms with E-state index < -0.39 is 18.1 Å². The van der Waals surface area contributed by atoms with Gasteiger partial charge in [-0.3, -0.25) is 4.79 Å². The Hall–Kier alpha value is -1.92. The summed E-state index contributed by atoms with van der Waals surface area (Å²) in [6.07, 6.45) is -0.947. The lowest BCUT2D eigenvalue weighted by molar-refractivity contribution is -0.148. The summed E-state index contributed by atoms with van der Waals surface area (Å²) in [4.78, 5) is 22.3. The molecule has 0 fully saturated rings. The topological polar surface area (TPSA) is 102 Å². The third-order valence-corrected chi connectivity index (χ3v) is 2.68. The van der Waals surface area contributed by atoms with Gasteiger partial charge in [0.15, 0.2) is 6.10 Å². The standard InChI is InChI=1S/C13H18N2O4/c1-19-11(13(17)18)8-15-12(16)7-10(14)9-5-3-2-4-6-9/h2-6,10-11H,7-8,14H2,1H3,(H,15,16)(H,17,18). The van der Waals surface area contributed by atoms with Crippen LogP contribution in [-0.2, 0) is 14.3 Å². The summed E-state index contributed by atoms with van der Waals surface area (Å²) in [6, 6.07) is 8.83. The number of carboxylic acids is 1. The summed E-state index contributed by atoms with van der Waals surface area (Å²) < 4.78 is 4.71. The predicted molar refractivity (Wildman–Crippen MR) is 69.4 cm³/mol. The highest BCUT2D eigenvalue weighted by atomic mass is 16.5. The fraction of sp³-hybridized carbons (Fsp3) is 0.385. The van der Waals surface area contributed by atoms with Crippen LogP contribution in [0.5, 0.6) is 0 Å². The Morgan fingerprint density at radius 2 is 2.00 bits per heavy atom. The van der Waals surface area contributed by atoms with Crippen molar-refractivity contribution in [2.75, 3.05) is 13.7 Å². The largest absolute Gasteiger partial charge is 0.479 e. The van der Waals surface area contributed by atoms with Gasteiger partial charge in [-0.1, -0.05) is 30.3 Å². The lowest BCUT2D eigenvalue weighted by atomic mass is 10.0. The van der Waals surface area contributed by atoms with Crippen LogP contribution < -0.4 is 11.1 Å². The summed E-state index contributed by atoms with van der Waals surface area (Å²) in [5.41, 5.74) is 6.75. The number of hydrogen-bond donors (Lipinski definition) is 3. The number of carbonyl (C=O) groups is 2. The molecule has 1 rings (SSSR count). The number of aliphatic carboxylic acids is 1. The van der Waals surface area contributed by atoms with Gasteiger partial charge in [0.1, 0.15) is 0 Å². The first-order chi connectivity index (χ1) is 9.04. The molecule has 0 aliphatic heterocycles. The fourth-order valence-corrected chi connectivity index (χ4v) is 1.57. The minimum atomic E-state index is -1.12. The molecule has 0 saturated heterocycles. The van der Waals surface area contributed by atoms with Gasteiger partial charge in [0, 0.05) is 19.6 Å². The van der Waals surface area contributed by atoms with Gasteiger partial charge in [0.25, 0.3) is 0 Å². The zero-order chi connectivity index (χ0) is 14.3. The van der Waals surface area contributed by atoms with E-state index in [-0.39, 0.29) is 18.9 Å². The molecule has 0 saturated carbocycles. The van der Waals surface area contributed by atoms with E-state index in [0.717, 1.165) is 5.56 Å². The Kier molecular flexibility index (Phi) is 5.98. The summed E-state index contributed by atoms with van der Waals surface area (Å²) in [6.45, 7) is -0.0772. The Bertz CT molecular complexity index is 422. The van der Waals surface area contributed by atoms with Gasteiger partial charge in [-0.2, -0.15) is 0 Å². The molecule has 0 aliphatic carbocycles. The van der Waals surface area contributed by atoms with Crippen molar-refractivity contribution in [1.29, 1.82) is 0 Å². The van der Waals surface area contributed by atoms with E-state index >= 15 is 0 Å². The van der Waals surface area contributed by atoms with Gasteiger partial charge in [-0.25, -0.2) is 4.79 Å². The average molecular weight is 266 g/mol. The van der Waals surface area contributed by atoms with Crippen molar-refractivity contribution in [1.82, 2.24) is 5.32 Å². The van der Waals surface area contributed by atoms with E-state index in [9.17, 15) is 9.59 Å². The number of ether oxygens (including phenoxy) is 1. The van der Waals surface area contributed by atoms with Crippen LogP contribution in [0.2, 0.25) is 0 Å². The number of amides is 1. The number of methoxy groups -OCH3 is 1. The average Bonchev–Trinajstić information content (AvgIpc) is 2.40. The molecule has 0 bridgehead atoms. The van der Waals surface area contributed by atoms with Crippen LogP contribution in [0.15, 0.2) is 30.3 Å². The van der Waals surface area contributed by atoms with Gasteiger partial charge in [0.05, 0.1) is 6.54 Å². The second-order valence-electron chi connectivity index (χ2n) is 4.09. The number of hydrogen-bond acceptors (Lipinski definition) is 4. The molecule has 0 aromatic heterocycles. The molecule has 1 amide bonds. The molecule has 0 spiro atoms. The molecular weight excluding hydrogens is 248 g/mol. The molecule has 0 heterocycles. The van der Waals surface area contributed by atoms with Crippen LogP contribution in [0.25, 0.3) is 0 Å². The van der Waals surface area contributed by atoms with E-state index in [1.54, 1.807) is 0 Å². The van der Waals surface area contributed by atoms with Crippen molar-refractivity contribution in [3.05, 3.63) is 35.9 Å². The fourth-order valence-electron chi connectivity index (χ4n) is 1.57. The smallest absolute Gasteiger partial charge is 0.334 e. The Morgan fingerprint density at radius 1 is 1.37 bits per heavy atom. The van der Waals surface area contributed by atoms with Crippen LogP contribution >= 0.6 is 0 Å². The predicted octanol–water partition coefficient (Wildman–Crippen LogP) is 0.292. The van der Waals surface area contributed by atoms with Crippen LogP contribution in [-0.4, -0.2) is 36.7 Å². The molecule has 2 atom stereocenters. The first-order valence-electron chi connectivity index (χ1n) is 5.87. The lowest BCUT2D eigenvalue weighted by Crippen LogP contribution is -2.38. The van der Waals surface area contributed by atoms with Crippen LogP contribution in [0.4, 0.5) is 0 Å². The van der Waals surface area contributed by atoms with Crippen LogP contribution in [0.3, 0.4) is 0 Å². The zero-order valence-electron chi connectivity index (χ0n) is 10.7. The van der Waals surface area contributed by atoms with E-state index in [0.29, 0.717) is 0 Å². The van der Waals surface area contributed by atoms with Gasteiger partial charge in [-0.15, -0.1) is 0 Å². The normalized spacial score (nSPS) is 13.6. The maximum absolute atomic E-state index is 11.6. The summed E-state index contributed by atoms with van der Waals surface area (Å²) in [7, 11) is 1.28. The van der Waals surface area contributed by atoms with E-state index in [4.69, 9.17) is 15.6 Å². The molecule has 1 aromatic rings. The highest BCUT2D eigenvalue weighted by Crippen LogP contribution is 2.12. The molecule has 0 radical (unpaired) electrons. The first-order valence-corrected chi connectivity index (χ1v) is 5.87. The number of nitrogens with one attached hydrogen (secondary N) is 1. The van der Waals surface area contributed by atoms with Crippen LogP contribution in [0.1, 0.15) is 18.0 Å². The van der Waals surface area contributed by atoms with Crippen molar-refractivity contribution in [3.63, 3.8) is 0 Å². The summed E-state index contributed by atoms with van der Waals surface area (Å²) in [5.74, 6) is -1.42. The summed E-state index contributed by atoms with van der Waals surface area (Å²) in [5, 5.41) is 11.2. The van der Waals surface area contributed by atoms with E-state index in [1.165, 1.54) is 7.11 Å². The molecule has 4 N–H and O–H groups in total. The van der Waals surface area contributed by atoms with Crippen LogP contribution in [0, 0.1) is 0 Å². The van der Waals surface area contributed by atoms with Crippen molar-refractivity contribution in [2.24, 2.45) is 5.73 Å². The molecular formula is C13H18N2O4. The van der Waals surface area contributed by atoms with Gasteiger partial charge < -0.3 is 20.9 Å². The molecule has 19 heavy (non-hydrogen) atoms.